The Morgan fingerprint density at radius 3 is 2.57 bits per heavy atom. The lowest BCUT2D eigenvalue weighted by Gasteiger charge is -2.21. The highest BCUT2D eigenvalue weighted by Crippen LogP contribution is 2.27. The molecule has 1 fully saturated rings. The van der Waals surface area contributed by atoms with Crippen molar-refractivity contribution in [1.82, 2.24) is 0 Å². The van der Waals surface area contributed by atoms with Crippen LogP contribution in [-0.4, -0.2) is 17.0 Å². The number of nitrogens with one attached hydrogen (secondary N) is 1. The molecule has 0 bridgehead atoms. The Morgan fingerprint density at radius 2 is 1.95 bits per heavy atom. The van der Waals surface area contributed by atoms with E-state index in [0.717, 1.165) is 12.0 Å². The molecule has 1 aromatic carbocycles. The predicted octanol–water partition coefficient (Wildman–Crippen LogP) is 3.99. The number of hydrogen-bond donors (Lipinski definition) is 2. The molecule has 2 rings (SSSR count). The molecule has 21 heavy (non-hydrogen) atoms. The summed E-state index contributed by atoms with van der Waals surface area (Å²) in [4.78, 5) is 22.9. The second-order valence-corrected chi connectivity index (χ2v) is 5.93. The van der Waals surface area contributed by atoms with Gasteiger partial charge in [-0.15, -0.1) is 0 Å². The molecule has 4 heteroatoms. The molecule has 1 aromatic rings. The van der Waals surface area contributed by atoms with E-state index in [1.165, 1.54) is 38.2 Å². The van der Waals surface area contributed by atoms with Gasteiger partial charge in [-0.1, -0.05) is 32.1 Å². The first-order valence-electron chi connectivity index (χ1n) is 7.70. The molecule has 0 radical (unpaired) electrons. The topological polar surface area (TPSA) is 66.4 Å². The first kappa shape index (κ1) is 15.5. The highest BCUT2D eigenvalue weighted by Gasteiger charge is 2.15. The summed E-state index contributed by atoms with van der Waals surface area (Å²) in [7, 11) is 0. The molecule has 2 N–H and O–H groups in total. The minimum absolute atomic E-state index is 0.0201. The van der Waals surface area contributed by atoms with Crippen LogP contribution < -0.4 is 5.32 Å². The van der Waals surface area contributed by atoms with Crippen LogP contribution in [0.4, 0.5) is 5.69 Å². The number of amides is 1. The van der Waals surface area contributed by atoms with Gasteiger partial charge in [0.05, 0.1) is 5.56 Å². The first-order valence-corrected chi connectivity index (χ1v) is 7.70. The van der Waals surface area contributed by atoms with E-state index in [9.17, 15) is 9.59 Å². The van der Waals surface area contributed by atoms with Gasteiger partial charge >= 0.3 is 5.97 Å². The molecule has 0 unspecified atom stereocenters. The maximum Gasteiger partial charge on any atom is 0.335 e. The lowest BCUT2D eigenvalue weighted by Crippen LogP contribution is -2.15. The molecule has 1 amide bonds. The average molecular weight is 289 g/mol. The van der Waals surface area contributed by atoms with E-state index >= 15 is 0 Å². The van der Waals surface area contributed by atoms with E-state index in [1.54, 1.807) is 12.1 Å². The zero-order valence-corrected chi connectivity index (χ0v) is 12.5. The fourth-order valence-corrected chi connectivity index (χ4v) is 2.96. The molecule has 4 nitrogen and oxygen atoms in total. The van der Waals surface area contributed by atoms with Gasteiger partial charge in [0.2, 0.25) is 5.91 Å². The standard InChI is InChI=1S/C17H23NO3/c1-12-11-14(17(20)21)8-9-15(12)18-16(19)10-7-13-5-3-2-4-6-13/h8-9,11,13H,2-7,10H2,1H3,(H,18,19)(H,20,21). The molecule has 1 aliphatic carbocycles. The smallest absolute Gasteiger partial charge is 0.335 e. The number of benzene rings is 1. The van der Waals surface area contributed by atoms with Gasteiger partial charge in [0.25, 0.3) is 0 Å². The molecule has 0 atom stereocenters. The molecule has 114 valence electrons. The van der Waals surface area contributed by atoms with Crippen molar-refractivity contribution in [2.24, 2.45) is 5.92 Å². The van der Waals surface area contributed by atoms with Gasteiger partial charge in [0.15, 0.2) is 0 Å². The lowest BCUT2D eigenvalue weighted by molar-refractivity contribution is -0.116. The van der Waals surface area contributed by atoms with Crippen LogP contribution in [0.1, 0.15) is 60.9 Å². The normalized spacial score (nSPS) is 15.7. The maximum absolute atomic E-state index is 12.0. The van der Waals surface area contributed by atoms with Gasteiger partial charge in [0.1, 0.15) is 0 Å². The van der Waals surface area contributed by atoms with Gasteiger partial charge in [-0.05, 0) is 43.0 Å². The summed E-state index contributed by atoms with van der Waals surface area (Å²) in [6.45, 7) is 1.81. The summed E-state index contributed by atoms with van der Waals surface area (Å²) in [5.41, 5.74) is 1.72. The number of aromatic carboxylic acids is 1. The number of carbonyl (C=O) groups is 2. The van der Waals surface area contributed by atoms with Crippen molar-refractivity contribution in [2.75, 3.05) is 5.32 Å². The zero-order valence-electron chi connectivity index (χ0n) is 12.5. The van der Waals surface area contributed by atoms with E-state index in [2.05, 4.69) is 5.32 Å². The van der Waals surface area contributed by atoms with Crippen LogP contribution in [0, 0.1) is 12.8 Å². The second-order valence-electron chi connectivity index (χ2n) is 5.93. The predicted molar refractivity (Wildman–Crippen MR) is 82.6 cm³/mol. The number of aryl methyl sites for hydroxylation is 1. The summed E-state index contributed by atoms with van der Waals surface area (Å²) < 4.78 is 0. The quantitative estimate of drug-likeness (QED) is 0.861. The second kappa shape index (κ2) is 7.25. The molecule has 1 aliphatic rings. The Morgan fingerprint density at radius 1 is 1.24 bits per heavy atom. The molecule has 0 aromatic heterocycles. The number of hydrogen-bond acceptors (Lipinski definition) is 2. The molecule has 0 aliphatic heterocycles. The van der Waals surface area contributed by atoms with Crippen LogP contribution in [0.3, 0.4) is 0 Å². The summed E-state index contributed by atoms with van der Waals surface area (Å²) >= 11 is 0. The van der Waals surface area contributed by atoms with Crippen LogP contribution in [0.15, 0.2) is 18.2 Å². The number of carboxylic acids is 1. The monoisotopic (exact) mass is 289 g/mol. The summed E-state index contributed by atoms with van der Waals surface area (Å²) in [6, 6.07) is 4.77. The highest BCUT2D eigenvalue weighted by molar-refractivity contribution is 5.93. The summed E-state index contributed by atoms with van der Waals surface area (Å²) in [5.74, 6) is -0.236. The SMILES string of the molecule is Cc1cc(C(=O)O)ccc1NC(=O)CCC1CCCCC1. The van der Waals surface area contributed by atoms with Crippen molar-refractivity contribution in [1.29, 1.82) is 0 Å². The van der Waals surface area contributed by atoms with Crippen LogP contribution in [0.5, 0.6) is 0 Å². The third kappa shape index (κ3) is 4.59. The van der Waals surface area contributed by atoms with Gasteiger partial charge in [-0.25, -0.2) is 4.79 Å². The molecule has 0 heterocycles. The Hall–Kier alpha value is -1.84. The minimum Gasteiger partial charge on any atom is -0.478 e. The van der Waals surface area contributed by atoms with Gasteiger partial charge < -0.3 is 10.4 Å². The fraction of sp³-hybridized carbons (Fsp3) is 0.529. The fourth-order valence-electron chi connectivity index (χ4n) is 2.96. The average Bonchev–Trinajstić information content (AvgIpc) is 2.48. The van der Waals surface area contributed by atoms with Crippen LogP contribution in [-0.2, 0) is 4.79 Å². The molecule has 0 spiro atoms. The number of carboxylic acid groups (broad SMARTS) is 1. The minimum atomic E-state index is -0.951. The molecular formula is C17H23NO3. The number of rotatable bonds is 5. The van der Waals surface area contributed by atoms with Crippen molar-refractivity contribution >= 4 is 17.6 Å². The molecular weight excluding hydrogens is 266 g/mol. The van der Waals surface area contributed by atoms with Gasteiger partial charge in [-0.2, -0.15) is 0 Å². The van der Waals surface area contributed by atoms with Gasteiger partial charge in [-0.3, -0.25) is 4.79 Å². The molecule has 0 saturated heterocycles. The summed E-state index contributed by atoms with van der Waals surface area (Å²) in [6.07, 6.45) is 7.92. The van der Waals surface area contributed by atoms with Crippen LogP contribution in [0.25, 0.3) is 0 Å². The summed E-state index contributed by atoms with van der Waals surface area (Å²) in [5, 5.41) is 11.8. The van der Waals surface area contributed by atoms with Crippen molar-refractivity contribution in [2.45, 2.75) is 51.9 Å². The number of carbonyl (C=O) groups excluding carboxylic acids is 1. The maximum atomic E-state index is 12.0. The van der Waals surface area contributed by atoms with Crippen molar-refractivity contribution in [3.63, 3.8) is 0 Å². The Bertz CT molecular complexity index is 519. The van der Waals surface area contributed by atoms with Crippen molar-refractivity contribution in [3.05, 3.63) is 29.3 Å². The third-order valence-corrected chi connectivity index (χ3v) is 4.25. The Kier molecular flexibility index (Phi) is 5.37. The van der Waals surface area contributed by atoms with Crippen molar-refractivity contribution < 1.29 is 14.7 Å². The van der Waals surface area contributed by atoms with E-state index in [-0.39, 0.29) is 11.5 Å². The van der Waals surface area contributed by atoms with E-state index in [0.29, 0.717) is 18.0 Å². The first-order chi connectivity index (χ1) is 10.1. The number of anilines is 1. The van der Waals surface area contributed by atoms with E-state index in [1.807, 2.05) is 6.92 Å². The van der Waals surface area contributed by atoms with Crippen LogP contribution >= 0.6 is 0 Å². The van der Waals surface area contributed by atoms with E-state index in [4.69, 9.17) is 5.11 Å². The Balaban J connectivity index is 1.85. The zero-order chi connectivity index (χ0) is 15.2. The van der Waals surface area contributed by atoms with E-state index < -0.39 is 5.97 Å². The van der Waals surface area contributed by atoms with Gasteiger partial charge in [0, 0.05) is 12.1 Å². The largest absolute Gasteiger partial charge is 0.478 e. The third-order valence-electron chi connectivity index (χ3n) is 4.25. The Labute approximate surface area is 125 Å². The lowest BCUT2D eigenvalue weighted by atomic mass is 9.86. The van der Waals surface area contributed by atoms with Crippen LogP contribution in [0.2, 0.25) is 0 Å². The van der Waals surface area contributed by atoms with Crippen molar-refractivity contribution in [3.8, 4) is 0 Å². The molecule has 1 saturated carbocycles. The highest BCUT2D eigenvalue weighted by atomic mass is 16.4.